The molecule has 4 heteroatoms. The zero-order valence-electron chi connectivity index (χ0n) is 10.4. The summed E-state index contributed by atoms with van der Waals surface area (Å²) in [6, 6.07) is 13.3. The predicted molar refractivity (Wildman–Crippen MR) is 77.2 cm³/mol. The third kappa shape index (κ3) is 2.50. The van der Waals surface area contributed by atoms with Crippen LogP contribution in [0.5, 0.6) is 0 Å². The molecule has 1 atom stereocenters. The maximum absolute atomic E-state index is 13.3. The Morgan fingerprint density at radius 1 is 1.05 bits per heavy atom. The van der Waals surface area contributed by atoms with Crippen LogP contribution in [0.4, 0.5) is 4.39 Å². The van der Waals surface area contributed by atoms with Crippen molar-refractivity contribution in [1.29, 1.82) is 0 Å². The van der Waals surface area contributed by atoms with Crippen molar-refractivity contribution in [2.45, 2.75) is 6.10 Å². The van der Waals surface area contributed by atoms with Crippen LogP contribution in [0.25, 0.3) is 10.9 Å². The van der Waals surface area contributed by atoms with Gasteiger partial charge in [0, 0.05) is 16.6 Å². The molecule has 0 spiro atoms. The van der Waals surface area contributed by atoms with E-state index in [1.54, 1.807) is 24.4 Å². The van der Waals surface area contributed by atoms with Gasteiger partial charge in [0.05, 0.1) is 5.52 Å². The highest BCUT2D eigenvalue weighted by molar-refractivity contribution is 6.30. The third-order valence-electron chi connectivity index (χ3n) is 3.15. The first-order valence-electron chi connectivity index (χ1n) is 6.12. The van der Waals surface area contributed by atoms with Crippen molar-refractivity contribution >= 4 is 22.5 Å². The quantitative estimate of drug-likeness (QED) is 0.769. The number of aromatic nitrogens is 1. The number of halogens is 2. The standard InChI is InChI=1S/C16H11ClFNO/c17-13-6-12(7-14(18)9-13)16(20)11-4-3-10-2-1-5-19-15(10)8-11/h1-9,16,20H. The number of nitrogens with zero attached hydrogens (tertiary/aromatic N) is 1. The Morgan fingerprint density at radius 3 is 2.70 bits per heavy atom. The lowest BCUT2D eigenvalue weighted by molar-refractivity contribution is 0.220. The molecule has 1 unspecified atom stereocenters. The van der Waals surface area contributed by atoms with Gasteiger partial charge in [0.15, 0.2) is 0 Å². The number of benzene rings is 2. The predicted octanol–water partition coefficient (Wildman–Crippen LogP) is 4.11. The molecule has 1 heterocycles. The molecule has 20 heavy (non-hydrogen) atoms. The van der Waals surface area contributed by atoms with Gasteiger partial charge in [0.2, 0.25) is 0 Å². The Balaban J connectivity index is 2.05. The van der Waals surface area contributed by atoms with Crippen molar-refractivity contribution in [3.8, 4) is 0 Å². The zero-order valence-corrected chi connectivity index (χ0v) is 11.2. The van der Waals surface area contributed by atoms with E-state index in [0.29, 0.717) is 11.1 Å². The molecule has 1 N–H and O–H groups in total. The number of fused-ring (bicyclic) bond motifs is 1. The SMILES string of the molecule is OC(c1cc(F)cc(Cl)c1)c1ccc2cccnc2c1. The van der Waals surface area contributed by atoms with Crippen molar-refractivity contribution < 1.29 is 9.50 Å². The number of hydrogen-bond donors (Lipinski definition) is 1. The van der Waals surface area contributed by atoms with Gasteiger partial charge < -0.3 is 5.11 Å². The minimum absolute atomic E-state index is 0.262. The van der Waals surface area contributed by atoms with Gasteiger partial charge in [-0.1, -0.05) is 29.8 Å². The molecular weight excluding hydrogens is 277 g/mol. The first kappa shape index (κ1) is 13.0. The molecule has 0 amide bonds. The summed E-state index contributed by atoms with van der Waals surface area (Å²) in [6.07, 6.45) is 0.756. The van der Waals surface area contributed by atoms with Gasteiger partial charge >= 0.3 is 0 Å². The molecule has 2 nitrogen and oxygen atoms in total. The number of hydrogen-bond acceptors (Lipinski definition) is 2. The molecule has 0 aliphatic rings. The molecule has 0 saturated heterocycles. The van der Waals surface area contributed by atoms with Crippen molar-refractivity contribution in [1.82, 2.24) is 4.98 Å². The van der Waals surface area contributed by atoms with Crippen molar-refractivity contribution in [3.63, 3.8) is 0 Å². The van der Waals surface area contributed by atoms with Crippen LogP contribution < -0.4 is 0 Å². The number of aliphatic hydroxyl groups excluding tert-OH is 1. The summed E-state index contributed by atoms with van der Waals surface area (Å²) in [6.45, 7) is 0. The molecule has 0 bridgehead atoms. The summed E-state index contributed by atoms with van der Waals surface area (Å²) in [5.41, 5.74) is 1.86. The second-order valence-electron chi connectivity index (χ2n) is 4.56. The van der Waals surface area contributed by atoms with E-state index < -0.39 is 11.9 Å². The largest absolute Gasteiger partial charge is 0.384 e. The van der Waals surface area contributed by atoms with E-state index in [9.17, 15) is 9.50 Å². The van der Waals surface area contributed by atoms with Crippen LogP contribution in [0.15, 0.2) is 54.7 Å². The molecule has 0 radical (unpaired) electrons. The van der Waals surface area contributed by atoms with Gasteiger partial charge in [-0.15, -0.1) is 0 Å². The minimum atomic E-state index is -0.936. The average Bonchev–Trinajstić information content (AvgIpc) is 2.45. The van der Waals surface area contributed by atoms with Crippen molar-refractivity contribution in [2.75, 3.05) is 0 Å². The van der Waals surface area contributed by atoms with Crippen LogP contribution in [0.3, 0.4) is 0 Å². The Bertz CT molecular complexity index is 755. The molecular formula is C16H11ClFNO. The second-order valence-corrected chi connectivity index (χ2v) is 5.00. The first-order chi connectivity index (χ1) is 9.63. The molecule has 0 aliphatic carbocycles. The van der Waals surface area contributed by atoms with Gasteiger partial charge in [-0.25, -0.2) is 4.39 Å². The lowest BCUT2D eigenvalue weighted by Crippen LogP contribution is -2.00. The highest BCUT2D eigenvalue weighted by Gasteiger charge is 2.13. The summed E-state index contributed by atoms with van der Waals surface area (Å²) in [5, 5.41) is 11.6. The van der Waals surface area contributed by atoms with E-state index in [1.807, 2.05) is 18.2 Å². The van der Waals surface area contributed by atoms with Gasteiger partial charge in [-0.2, -0.15) is 0 Å². The van der Waals surface area contributed by atoms with E-state index in [2.05, 4.69) is 4.98 Å². The van der Waals surface area contributed by atoms with E-state index in [0.717, 1.165) is 10.9 Å². The molecule has 0 fully saturated rings. The number of pyridine rings is 1. The fourth-order valence-electron chi connectivity index (χ4n) is 2.18. The molecule has 1 aromatic heterocycles. The highest BCUT2D eigenvalue weighted by atomic mass is 35.5. The van der Waals surface area contributed by atoms with Crippen LogP contribution in [-0.2, 0) is 0 Å². The summed E-state index contributed by atoms with van der Waals surface area (Å²) in [5.74, 6) is -0.467. The van der Waals surface area contributed by atoms with Crippen molar-refractivity contribution in [2.24, 2.45) is 0 Å². The fraction of sp³-hybridized carbons (Fsp3) is 0.0625. The summed E-state index contributed by atoms with van der Waals surface area (Å²) < 4.78 is 13.3. The topological polar surface area (TPSA) is 33.1 Å². The van der Waals surface area contributed by atoms with Crippen LogP contribution in [0.2, 0.25) is 5.02 Å². The van der Waals surface area contributed by atoms with Gasteiger partial charge in [-0.3, -0.25) is 4.98 Å². The maximum atomic E-state index is 13.3. The highest BCUT2D eigenvalue weighted by Crippen LogP contribution is 2.27. The van der Waals surface area contributed by atoms with Crippen LogP contribution in [-0.4, -0.2) is 10.1 Å². The molecule has 2 aromatic carbocycles. The summed E-state index contributed by atoms with van der Waals surface area (Å²) in [7, 11) is 0. The monoisotopic (exact) mass is 287 g/mol. The van der Waals surface area contributed by atoms with E-state index >= 15 is 0 Å². The van der Waals surface area contributed by atoms with Crippen molar-refractivity contribution in [3.05, 3.63) is 76.7 Å². The number of aliphatic hydroxyl groups is 1. The Kier molecular flexibility index (Phi) is 3.38. The van der Waals surface area contributed by atoms with Gasteiger partial charge in [-0.05, 0) is 41.5 Å². The molecule has 100 valence electrons. The minimum Gasteiger partial charge on any atom is -0.384 e. The summed E-state index contributed by atoms with van der Waals surface area (Å²) in [4.78, 5) is 4.24. The van der Waals surface area contributed by atoms with Crippen LogP contribution >= 0.6 is 11.6 Å². The average molecular weight is 288 g/mol. The zero-order chi connectivity index (χ0) is 14.1. The maximum Gasteiger partial charge on any atom is 0.125 e. The normalized spacial score (nSPS) is 12.6. The second kappa shape index (κ2) is 5.19. The smallest absolute Gasteiger partial charge is 0.125 e. The molecule has 3 aromatic rings. The van der Waals surface area contributed by atoms with E-state index in [1.165, 1.54) is 12.1 Å². The lowest BCUT2D eigenvalue weighted by atomic mass is 10.00. The van der Waals surface area contributed by atoms with E-state index in [-0.39, 0.29) is 5.02 Å². The Labute approximate surface area is 120 Å². The van der Waals surface area contributed by atoms with Crippen LogP contribution in [0, 0.1) is 5.82 Å². The summed E-state index contributed by atoms with van der Waals surface area (Å²) >= 11 is 5.81. The van der Waals surface area contributed by atoms with Gasteiger partial charge in [0.25, 0.3) is 0 Å². The Morgan fingerprint density at radius 2 is 1.90 bits per heavy atom. The molecule has 3 rings (SSSR count). The molecule has 0 aliphatic heterocycles. The first-order valence-corrected chi connectivity index (χ1v) is 6.50. The van der Waals surface area contributed by atoms with E-state index in [4.69, 9.17) is 11.6 Å². The van der Waals surface area contributed by atoms with Crippen LogP contribution in [0.1, 0.15) is 17.2 Å². The van der Waals surface area contributed by atoms with Gasteiger partial charge in [0.1, 0.15) is 11.9 Å². The Hall–Kier alpha value is -1.97. The lowest BCUT2D eigenvalue weighted by Gasteiger charge is -2.12. The third-order valence-corrected chi connectivity index (χ3v) is 3.36. The fourth-order valence-corrected chi connectivity index (χ4v) is 2.41. The number of rotatable bonds is 2. The molecule has 0 saturated carbocycles.